The summed E-state index contributed by atoms with van der Waals surface area (Å²) in [7, 11) is 0. The van der Waals surface area contributed by atoms with Gasteiger partial charge in [-0.05, 0) is 43.7 Å². The van der Waals surface area contributed by atoms with Crippen LogP contribution >= 0.6 is 0 Å². The Kier molecular flexibility index (Phi) is 3.73. The molecule has 0 spiro atoms. The highest BCUT2D eigenvalue weighted by molar-refractivity contribution is 5.25. The van der Waals surface area contributed by atoms with Crippen LogP contribution in [-0.4, -0.2) is 4.98 Å². The van der Waals surface area contributed by atoms with Crippen molar-refractivity contribution in [3.8, 4) is 0 Å². The largest absolute Gasteiger partial charge is 0.323 e. The van der Waals surface area contributed by atoms with Gasteiger partial charge in [-0.25, -0.2) is 0 Å². The van der Waals surface area contributed by atoms with Crippen LogP contribution in [0.15, 0.2) is 12.3 Å². The van der Waals surface area contributed by atoms with E-state index in [9.17, 15) is 0 Å². The summed E-state index contributed by atoms with van der Waals surface area (Å²) in [5.41, 5.74) is 8.88. The fourth-order valence-electron chi connectivity index (χ4n) is 1.61. The zero-order valence-corrected chi connectivity index (χ0v) is 10.2. The molecule has 2 heteroatoms. The lowest BCUT2D eigenvalue weighted by atomic mass is 9.99. The van der Waals surface area contributed by atoms with E-state index in [4.69, 9.17) is 7.10 Å². The molecule has 0 radical (unpaired) electrons. The van der Waals surface area contributed by atoms with E-state index in [1.807, 2.05) is 19.9 Å². The van der Waals surface area contributed by atoms with Gasteiger partial charge in [0.1, 0.15) is 0 Å². The third kappa shape index (κ3) is 3.63. The molecule has 1 unspecified atom stereocenters. The summed E-state index contributed by atoms with van der Waals surface area (Å²) in [6, 6.07) is 0.982. The molecular weight excluding hydrogens is 184 g/mol. The lowest BCUT2D eigenvalue weighted by molar-refractivity contribution is 0.500. The number of nitrogens with zero attached hydrogens (tertiary/aromatic N) is 1. The van der Waals surface area contributed by atoms with Crippen molar-refractivity contribution in [3.63, 3.8) is 0 Å². The number of rotatable bonds is 4. The minimum absolute atomic E-state index is 0.569. The lowest BCUT2D eigenvalue weighted by Crippen LogP contribution is -2.14. The smallest absolute Gasteiger partial charge is 0.0600 e. The predicted octanol–water partition coefficient (Wildman–Crippen LogP) is 3.13. The summed E-state index contributed by atoms with van der Waals surface area (Å²) in [6.07, 6.45) is 3.39. The van der Waals surface area contributed by atoms with Crippen molar-refractivity contribution in [2.24, 2.45) is 11.7 Å². The molecule has 84 valence electrons. The minimum atomic E-state index is -1.05. The maximum atomic E-state index is 8.19. The van der Waals surface area contributed by atoms with Gasteiger partial charge in [0.2, 0.25) is 0 Å². The van der Waals surface area contributed by atoms with Gasteiger partial charge in [0.05, 0.1) is 7.06 Å². The highest BCUT2D eigenvalue weighted by atomic mass is 14.8. The number of pyridine rings is 1. The molecule has 1 aromatic heterocycles. The zero-order chi connectivity index (χ0) is 12.3. The van der Waals surface area contributed by atoms with Gasteiger partial charge in [0.25, 0.3) is 0 Å². The van der Waals surface area contributed by atoms with Gasteiger partial charge in [0, 0.05) is 12.2 Å². The molecule has 1 atom stereocenters. The van der Waals surface area contributed by atoms with Crippen molar-refractivity contribution in [2.75, 3.05) is 0 Å². The molecule has 1 rings (SSSR count). The third-order valence-corrected chi connectivity index (χ3v) is 2.51. The van der Waals surface area contributed by atoms with Crippen molar-refractivity contribution >= 4 is 0 Å². The van der Waals surface area contributed by atoms with Crippen LogP contribution in [-0.2, 0) is 0 Å². The van der Waals surface area contributed by atoms with E-state index in [1.165, 1.54) is 0 Å². The Balaban J connectivity index is 2.88. The molecule has 2 N–H and O–H groups in total. The summed E-state index contributed by atoms with van der Waals surface area (Å²) in [4.78, 5) is 4.31. The van der Waals surface area contributed by atoms with Crippen molar-refractivity contribution in [1.82, 2.24) is 4.98 Å². The second-order valence-corrected chi connectivity index (χ2v) is 4.64. The number of aryl methyl sites for hydroxylation is 2. The monoisotopic (exact) mass is 207 g/mol. The molecule has 15 heavy (non-hydrogen) atoms. The number of aromatic nitrogens is 1. The van der Waals surface area contributed by atoms with Crippen molar-refractivity contribution in [2.45, 2.75) is 46.6 Å². The van der Waals surface area contributed by atoms with Gasteiger partial charge in [-0.15, -0.1) is 0 Å². The molecule has 0 aliphatic heterocycles. The number of hydrogen-bond acceptors (Lipinski definition) is 2. The second-order valence-electron chi connectivity index (χ2n) is 4.64. The Bertz CT molecular complexity index is 359. The van der Waals surface area contributed by atoms with Crippen LogP contribution in [0.3, 0.4) is 0 Å². The Morgan fingerprint density at radius 1 is 1.40 bits per heavy atom. The first-order valence-corrected chi connectivity index (χ1v) is 5.55. The predicted molar refractivity (Wildman–Crippen MR) is 64.7 cm³/mol. The van der Waals surface area contributed by atoms with E-state index in [2.05, 4.69) is 18.8 Å². The molecular formula is C13H22N2. The average Bonchev–Trinajstić information content (AvgIpc) is 2.14. The number of nitrogens with two attached hydrogens (primary N) is 1. The minimum Gasteiger partial charge on any atom is -0.323 e. The lowest BCUT2D eigenvalue weighted by Gasteiger charge is -2.15. The van der Waals surface area contributed by atoms with Gasteiger partial charge >= 0.3 is 0 Å². The second kappa shape index (κ2) is 5.26. The summed E-state index contributed by atoms with van der Waals surface area (Å²) in [5.74, 6) is 0.569. The van der Waals surface area contributed by atoms with E-state index < -0.39 is 6.02 Å². The van der Waals surface area contributed by atoms with E-state index in [0.29, 0.717) is 18.0 Å². The Hall–Kier alpha value is -0.890. The van der Waals surface area contributed by atoms with Crippen LogP contribution in [0.25, 0.3) is 0 Å². The van der Waals surface area contributed by atoms with E-state index in [-0.39, 0.29) is 0 Å². The first kappa shape index (κ1) is 10.6. The SMILES string of the molecule is [2H]C(N)(CCC(C)C)c1ncc(C)cc1C. The normalized spacial score (nSPS) is 16.3. The van der Waals surface area contributed by atoms with Crippen LogP contribution in [0.5, 0.6) is 0 Å². The maximum absolute atomic E-state index is 8.19. The highest BCUT2D eigenvalue weighted by Gasteiger charge is 2.10. The van der Waals surface area contributed by atoms with Crippen molar-refractivity contribution in [3.05, 3.63) is 29.1 Å². The van der Waals surface area contributed by atoms with Crippen LogP contribution in [0.2, 0.25) is 0 Å². The van der Waals surface area contributed by atoms with Gasteiger partial charge in [0.15, 0.2) is 0 Å². The highest BCUT2D eigenvalue weighted by Crippen LogP contribution is 2.20. The fraction of sp³-hybridized carbons (Fsp3) is 0.615. The first-order valence-electron chi connectivity index (χ1n) is 6.05. The molecule has 0 amide bonds. The maximum Gasteiger partial charge on any atom is 0.0600 e. The van der Waals surface area contributed by atoms with Crippen LogP contribution in [0, 0.1) is 19.8 Å². The molecule has 0 saturated heterocycles. The van der Waals surface area contributed by atoms with E-state index >= 15 is 0 Å². The van der Waals surface area contributed by atoms with E-state index in [0.717, 1.165) is 17.5 Å². The molecule has 1 heterocycles. The summed E-state index contributed by atoms with van der Waals surface area (Å²) >= 11 is 0. The van der Waals surface area contributed by atoms with Gasteiger partial charge in [-0.2, -0.15) is 0 Å². The summed E-state index contributed by atoms with van der Waals surface area (Å²) < 4.78 is 8.19. The molecule has 0 aromatic carbocycles. The zero-order valence-electron chi connectivity index (χ0n) is 11.2. The third-order valence-electron chi connectivity index (χ3n) is 2.51. The van der Waals surface area contributed by atoms with E-state index in [1.54, 1.807) is 6.20 Å². The number of hydrogen-bond donors (Lipinski definition) is 1. The van der Waals surface area contributed by atoms with Crippen LogP contribution < -0.4 is 5.73 Å². The fourth-order valence-corrected chi connectivity index (χ4v) is 1.61. The molecule has 0 bridgehead atoms. The van der Waals surface area contributed by atoms with Crippen LogP contribution in [0.4, 0.5) is 0 Å². The quantitative estimate of drug-likeness (QED) is 0.823. The standard InChI is InChI=1S/C13H22N2/c1-9(2)5-6-12(14)13-11(4)7-10(3)8-15-13/h7-9,12H,5-6,14H2,1-4H3/i12D. The van der Waals surface area contributed by atoms with Gasteiger partial charge in [-0.3, -0.25) is 4.98 Å². The molecule has 0 aliphatic rings. The molecule has 0 saturated carbocycles. The molecule has 1 aromatic rings. The molecule has 2 nitrogen and oxygen atoms in total. The summed E-state index contributed by atoms with van der Waals surface area (Å²) in [5, 5.41) is 0. The Labute approximate surface area is 94.3 Å². The Morgan fingerprint density at radius 2 is 2.07 bits per heavy atom. The van der Waals surface area contributed by atoms with Gasteiger partial charge < -0.3 is 5.73 Å². The molecule has 0 fully saturated rings. The Morgan fingerprint density at radius 3 is 2.60 bits per heavy atom. The van der Waals surface area contributed by atoms with Crippen molar-refractivity contribution in [1.29, 1.82) is 0 Å². The summed E-state index contributed by atoms with van der Waals surface area (Å²) in [6.45, 7) is 8.26. The van der Waals surface area contributed by atoms with Crippen LogP contribution in [0.1, 0.15) is 50.9 Å². The van der Waals surface area contributed by atoms with Crippen molar-refractivity contribution < 1.29 is 1.37 Å². The first-order chi connectivity index (χ1) is 7.33. The molecule has 0 aliphatic carbocycles. The average molecular weight is 207 g/mol. The van der Waals surface area contributed by atoms with Gasteiger partial charge in [-0.1, -0.05) is 19.9 Å². The topological polar surface area (TPSA) is 38.9 Å².